The second-order valence-corrected chi connectivity index (χ2v) is 4.88. The maximum Gasteiger partial charge on any atom is 0.0830 e. The lowest BCUT2D eigenvalue weighted by molar-refractivity contribution is 0.178. The summed E-state index contributed by atoms with van der Waals surface area (Å²) in [7, 11) is 0. The second-order valence-electron chi connectivity index (χ2n) is 4.88. The van der Waals surface area contributed by atoms with E-state index in [1.807, 2.05) is 24.3 Å². The van der Waals surface area contributed by atoms with Crippen LogP contribution in [0.3, 0.4) is 0 Å². The quantitative estimate of drug-likeness (QED) is 0.811. The number of nitrogens with two attached hydrogens (primary N) is 1. The molecule has 0 amide bonds. The Morgan fingerprint density at radius 1 is 1.00 bits per heavy atom. The van der Waals surface area contributed by atoms with E-state index >= 15 is 0 Å². The smallest absolute Gasteiger partial charge is 0.0830 e. The van der Waals surface area contributed by atoms with Gasteiger partial charge in [-0.25, -0.2) is 0 Å². The fourth-order valence-electron chi connectivity index (χ4n) is 2.25. The summed E-state index contributed by atoms with van der Waals surface area (Å²) in [5.41, 5.74) is 10.9. The minimum Gasteiger partial charge on any atom is -0.399 e. The molecule has 0 bridgehead atoms. The van der Waals surface area contributed by atoms with Gasteiger partial charge in [-0.15, -0.1) is 0 Å². The van der Waals surface area contributed by atoms with Crippen molar-refractivity contribution in [3.63, 3.8) is 0 Å². The molecule has 0 aromatic heterocycles. The Kier molecular flexibility index (Phi) is 3.68. The van der Waals surface area contributed by atoms with E-state index in [0.29, 0.717) is 6.42 Å². The zero-order valence-corrected chi connectivity index (χ0v) is 10.9. The molecule has 0 fully saturated rings. The molecule has 2 rings (SSSR count). The molecule has 0 spiro atoms. The highest BCUT2D eigenvalue weighted by atomic mass is 16.3. The molecule has 0 aliphatic heterocycles. The third kappa shape index (κ3) is 3.11. The van der Waals surface area contributed by atoms with Crippen LogP contribution in [0.1, 0.15) is 28.4 Å². The molecule has 0 aliphatic carbocycles. The molecule has 2 aromatic carbocycles. The van der Waals surface area contributed by atoms with Crippen molar-refractivity contribution in [1.82, 2.24) is 0 Å². The minimum atomic E-state index is -0.480. The Morgan fingerprint density at radius 3 is 2.11 bits per heavy atom. The third-order valence-corrected chi connectivity index (χ3v) is 3.03. The number of anilines is 1. The number of aryl methyl sites for hydroxylation is 2. The number of nitrogen functional groups attached to an aromatic ring is 1. The predicted molar refractivity (Wildman–Crippen MR) is 75.4 cm³/mol. The summed E-state index contributed by atoms with van der Waals surface area (Å²) < 4.78 is 0. The average molecular weight is 241 g/mol. The van der Waals surface area contributed by atoms with Crippen LogP contribution in [0.4, 0.5) is 5.69 Å². The van der Waals surface area contributed by atoms with Gasteiger partial charge < -0.3 is 10.8 Å². The monoisotopic (exact) mass is 241 g/mol. The predicted octanol–water partition coefficient (Wildman–Crippen LogP) is 3.16. The molecule has 0 saturated heterocycles. The molecule has 1 atom stereocenters. The Balaban J connectivity index is 2.15. The molecule has 2 nitrogen and oxygen atoms in total. The standard InChI is InChI=1S/C16H19NO/c1-11-7-12(2)9-13(8-11)10-16(18)14-3-5-15(17)6-4-14/h3-9,16,18H,10,17H2,1-2H3. The third-order valence-electron chi connectivity index (χ3n) is 3.03. The summed E-state index contributed by atoms with van der Waals surface area (Å²) in [5, 5.41) is 10.2. The van der Waals surface area contributed by atoms with Gasteiger partial charge >= 0.3 is 0 Å². The van der Waals surface area contributed by atoms with Crippen molar-refractivity contribution < 1.29 is 5.11 Å². The highest BCUT2D eigenvalue weighted by molar-refractivity contribution is 5.40. The Labute approximate surface area is 108 Å². The summed E-state index contributed by atoms with van der Waals surface area (Å²) in [4.78, 5) is 0. The molecule has 2 aromatic rings. The van der Waals surface area contributed by atoms with Gasteiger partial charge in [0.15, 0.2) is 0 Å². The lowest BCUT2D eigenvalue weighted by Gasteiger charge is -2.12. The fraction of sp³-hybridized carbons (Fsp3) is 0.250. The maximum atomic E-state index is 10.2. The van der Waals surface area contributed by atoms with Gasteiger partial charge in [0.1, 0.15) is 0 Å². The summed E-state index contributed by atoms with van der Waals surface area (Å²) in [6.07, 6.45) is 0.152. The number of benzene rings is 2. The van der Waals surface area contributed by atoms with E-state index in [4.69, 9.17) is 5.73 Å². The van der Waals surface area contributed by atoms with Gasteiger partial charge in [0, 0.05) is 12.1 Å². The summed E-state index contributed by atoms with van der Waals surface area (Å²) in [6, 6.07) is 13.8. The van der Waals surface area contributed by atoms with E-state index in [0.717, 1.165) is 16.8 Å². The van der Waals surface area contributed by atoms with Crippen LogP contribution in [0.25, 0.3) is 0 Å². The van der Waals surface area contributed by atoms with E-state index in [2.05, 4.69) is 32.0 Å². The van der Waals surface area contributed by atoms with Crippen LogP contribution in [-0.4, -0.2) is 5.11 Å². The van der Waals surface area contributed by atoms with Crippen molar-refractivity contribution in [2.45, 2.75) is 26.4 Å². The van der Waals surface area contributed by atoms with Crippen LogP contribution >= 0.6 is 0 Å². The molecule has 0 saturated carbocycles. The fourth-order valence-corrected chi connectivity index (χ4v) is 2.25. The average Bonchev–Trinajstić information content (AvgIpc) is 2.28. The topological polar surface area (TPSA) is 46.2 Å². The number of hydrogen-bond acceptors (Lipinski definition) is 2. The Hall–Kier alpha value is -1.80. The van der Waals surface area contributed by atoms with Crippen LogP contribution in [0.2, 0.25) is 0 Å². The Bertz CT molecular complexity index is 511. The van der Waals surface area contributed by atoms with Gasteiger partial charge in [-0.2, -0.15) is 0 Å². The number of hydrogen-bond donors (Lipinski definition) is 2. The van der Waals surface area contributed by atoms with Crippen molar-refractivity contribution in [3.05, 3.63) is 64.7 Å². The van der Waals surface area contributed by atoms with Crippen molar-refractivity contribution in [2.24, 2.45) is 0 Å². The molecule has 0 radical (unpaired) electrons. The molecule has 18 heavy (non-hydrogen) atoms. The van der Waals surface area contributed by atoms with Crippen LogP contribution in [0, 0.1) is 13.8 Å². The van der Waals surface area contributed by atoms with Gasteiger partial charge in [-0.1, -0.05) is 41.5 Å². The molecular formula is C16H19NO. The van der Waals surface area contributed by atoms with Crippen molar-refractivity contribution in [2.75, 3.05) is 5.73 Å². The van der Waals surface area contributed by atoms with E-state index in [9.17, 15) is 5.11 Å². The first-order chi connectivity index (χ1) is 8.54. The zero-order chi connectivity index (χ0) is 13.1. The summed E-state index contributed by atoms with van der Waals surface area (Å²) in [5.74, 6) is 0. The number of rotatable bonds is 3. The number of aliphatic hydroxyl groups is 1. The van der Waals surface area contributed by atoms with Gasteiger partial charge in [-0.3, -0.25) is 0 Å². The highest BCUT2D eigenvalue weighted by Crippen LogP contribution is 2.20. The Morgan fingerprint density at radius 2 is 1.56 bits per heavy atom. The van der Waals surface area contributed by atoms with Gasteiger partial charge in [0.2, 0.25) is 0 Å². The molecule has 0 heterocycles. The molecule has 1 unspecified atom stereocenters. The molecule has 2 heteroatoms. The van der Waals surface area contributed by atoms with Crippen molar-refractivity contribution >= 4 is 5.69 Å². The highest BCUT2D eigenvalue weighted by Gasteiger charge is 2.08. The van der Waals surface area contributed by atoms with Crippen LogP contribution < -0.4 is 5.73 Å². The summed E-state index contributed by atoms with van der Waals surface area (Å²) >= 11 is 0. The van der Waals surface area contributed by atoms with Gasteiger partial charge in [0.05, 0.1) is 6.10 Å². The van der Waals surface area contributed by atoms with Crippen molar-refractivity contribution in [1.29, 1.82) is 0 Å². The molecule has 94 valence electrons. The van der Waals surface area contributed by atoms with Crippen LogP contribution in [0.15, 0.2) is 42.5 Å². The first kappa shape index (κ1) is 12.7. The number of aliphatic hydroxyl groups excluding tert-OH is 1. The first-order valence-corrected chi connectivity index (χ1v) is 6.15. The molecule has 0 aliphatic rings. The van der Waals surface area contributed by atoms with E-state index in [1.165, 1.54) is 11.1 Å². The van der Waals surface area contributed by atoms with Crippen molar-refractivity contribution in [3.8, 4) is 0 Å². The summed E-state index contributed by atoms with van der Waals surface area (Å²) in [6.45, 7) is 4.15. The normalized spacial score (nSPS) is 12.4. The van der Waals surface area contributed by atoms with E-state index < -0.39 is 6.10 Å². The largest absolute Gasteiger partial charge is 0.399 e. The molecular weight excluding hydrogens is 222 g/mol. The van der Waals surface area contributed by atoms with E-state index in [1.54, 1.807) is 0 Å². The van der Waals surface area contributed by atoms with Crippen LogP contribution in [0.5, 0.6) is 0 Å². The van der Waals surface area contributed by atoms with Crippen LogP contribution in [-0.2, 0) is 6.42 Å². The lowest BCUT2D eigenvalue weighted by atomic mass is 9.98. The lowest BCUT2D eigenvalue weighted by Crippen LogP contribution is -2.02. The van der Waals surface area contributed by atoms with Gasteiger partial charge in [0.25, 0.3) is 0 Å². The first-order valence-electron chi connectivity index (χ1n) is 6.15. The zero-order valence-electron chi connectivity index (χ0n) is 10.9. The van der Waals surface area contributed by atoms with E-state index in [-0.39, 0.29) is 0 Å². The SMILES string of the molecule is Cc1cc(C)cc(CC(O)c2ccc(N)cc2)c1. The minimum absolute atomic E-state index is 0.480. The maximum absolute atomic E-state index is 10.2. The molecule has 3 N–H and O–H groups in total. The van der Waals surface area contributed by atoms with Gasteiger partial charge in [-0.05, 0) is 37.1 Å². The second kappa shape index (κ2) is 5.23.